The van der Waals surface area contributed by atoms with Gasteiger partial charge in [0, 0.05) is 25.2 Å². The van der Waals surface area contributed by atoms with Gasteiger partial charge in [0.25, 0.3) is 5.91 Å². The van der Waals surface area contributed by atoms with Gasteiger partial charge in [0.1, 0.15) is 11.8 Å². The average Bonchev–Trinajstić information content (AvgIpc) is 3.01. The van der Waals surface area contributed by atoms with Gasteiger partial charge in [-0.25, -0.2) is 4.79 Å². The largest absolute Gasteiger partial charge is 0.483 e. The molecule has 8 nitrogen and oxygen atoms in total. The molecule has 3 unspecified atom stereocenters. The number of hydrogen-bond donors (Lipinski definition) is 3. The van der Waals surface area contributed by atoms with E-state index in [-0.39, 0.29) is 42.5 Å². The molecule has 0 radical (unpaired) electrons. The van der Waals surface area contributed by atoms with Crippen LogP contribution in [0.2, 0.25) is 0 Å². The van der Waals surface area contributed by atoms with Gasteiger partial charge in [-0.2, -0.15) is 0 Å². The van der Waals surface area contributed by atoms with E-state index in [2.05, 4.69) is 40.2 Å². The summed E-state index contributed by atoms with van der Waals surface area (Å²) in [5.41, 5.74) is 4.22. The molecular weight excluding hydrogens is 564 g/mol. The van der Waals surface area contributed by atoms with Gasteiger partial charge >= 0.3 is 6.03 Å². The number of carbonyl (C=O) groups is 3. The van der Waals surface area contributed by atoms with E-state index in [4.69, 9.17) is 4.74 Å². The number of amides is 4. The van der Waals surface area contributed by atoms with Gasteiger partial charge in [-0.3, -0.25) is 9.59 Å². The van der Waals surface area contributed by atoms with Crippen LogP contribution in [-0.4, -0.2) is 60.6 Å². The molecule has 1 aliphatic rings. The van der Waals surface area contributed by atoms with Gasteiger partial charge in [-0.1, -0.05) is 92.7 Å². The molecule has 0 bridgehead atoms. The van der Waals surface area contributed by atoms with Crippen molar-refractivity contribution in [2.24, 2.45) is 5.92 Å². The maximum absolute atomic E-state index is 13.8. The highest BCUT2D eigenvalue weighted by Gasteiger charge is 2.34. The van der Waals surface area contributed by atoms with Crippen LogP contribution in [0.25, 0.3) is 0 Å². The van der Waals surface area contributed by atoms with E-state index in [1.165, 1.54) is 0 Å². The van der Waals surface area contributed by atoms with E-state index >= 15 is 0 Å². The lowest BCUT2D eigenvalue weighted by molar-refractivity contribution is -0.128. The van der Waals surface area contributed by atoms with Crippen molar-refractivity contribution in [1.29, 1.82) is 0 Å². The predicted molar refractivity (Wildman–Crippen MR) is 178 cm³/mol. The molecule has 3 N–H and O–H groups in total. The SMILES string of the molecule is Cc1cccc(C)c1OCC(=O)NC(CCC(Cc1ccccc1)NC(=O)C(C(C)C)N1CCCNC1=O)Cc1ccccc1. The summed E-state index contributed by atoms with van der Waals surface area (Å²) in [5.74, 6) is 0.361. The molecule has 4 amide bonds. The number of hydrogen-bond acceptors (Lipinski definition) is 4. The fourth-order valence-corrected chi connectivity index (χ4v) is 6.09. The first-order valence-electron chi connectivity index (χ1n) is 16.1. The Morgan fingerprint density at radius 2 is 1.38 bits per heavy atom. The number of carbonyl (C=O) groups excluding carboxylic acids is 3. The number of ether oxygens (including phenoxy) is 1. The highest BCUT2D eigenvalue weighted by molar-refractivity contribution is 5.87. The van der Waals surface area contributed by atoms with Crippen molar-refractivity contribution in [1.82, 2.24) is 20.9 Å². The quantitative estimate of drug-likeness (QED) is 0.215. The molecule has 1 heterocycles. The number of nitrogens with one attached hydrogen (secondary N) is 3. The second-order valence-corrected chi connectivity index (χ2v) is 12.4. The molecule has 3 aromatic rings. The Kier molecular flexibility index (Phi) is 12.4. The van der Waals surface area contributed by atoms with E-state index in [0.717, 1.165) is 34.4 Å². The molecule has 1 fully saturated rings. The van der Waals surface area contributed by atoms with Crippen LogP contribution in [0, 0.1) is 19.8 Å². The van der Waals surface area contributed by atoms with Gasteiger partial charge in [0.2, 0.25) is 5.91 Å². The molecule has 8 heteroatoms. The molecule has 0 saturated carbocycles. The van der Waals surface area contributed by atoms with Crippen molar-refractivity contribution in [2.75, 3.05) is 19.7 Å². The first-order valence-corrected chi connectivity index (χ1v) is 16.1. The third-order valence-electron chi connectivity index (χ3n) is 8.33. The van der Waals surface area contributed by atoms with Crippen LogP contribution in [0.1, 0.15) is 55.4 Å². The summed E-state index contributed by atoms with van der Waals surface area (Å²) in [7, 11) is 0. The van der Waals surface area contributed by atoms with Gasteiger partial charge in [0.15, 0.2) is 6.61 Å². The summed E-state index contributed by atoms with van der Waals surface area (Å²) >= 11 is 0. The molecule has 4 rings (SSSR count). The Bertz CT molecular complexity index is 1380. The van der Waals surface area contributed by atoms with Crippen LogP contribution in [-0.2, 0) is 22.4 Å². The lowest BCUT2D eigenvalue weighted by Crippen LogP contribution is -2.59. The highest BCUT2D eigenvalue weighted by atomic mass is 16.5. The van der Waals surface area contributed by atoms with E-state index in [9.17, 15) is 14.4 Å². The first-order chi connectivity index (χ1) is 21.7. The molecule has 0 spiro atoms. The fraction of sp³-hybridized carbons (Fsp3) is 0.432. The number of nitrogens with zero attached hydrogens (tertiary/aromatic N) is 1. The summed E-state index contributed by atoms with van der Waals surface area (Å²) in [6.07, 6.45) is 3.41. The van der Waals surface area contributed by atoms with Gasteiger partial charge in [-0.05, 0) is 74.1 Å². The maximum Gasteiger partial charge on any atom is 0.318 e. The lowest BCUT2D eigenvalue weighted by Gasteiger charge is -2.37. The molecule has 3 atom stereocenters. The second kappa shape index (κ2) is 16.7. The van der Waals surface area contributed by atoms with Crippen molar-refractivity contribution in [3.63, 3.8) is 0 Å². The number of para-hydroxylation sites is 1. The number of benzene rings is 3. The predicted octanol–water partition coefficient (Wildman–Crippen LogP) is 5.36. The van der Waals surface area contributed by atoms with Crippen LogP contribution in [0.4, 0.5) is 4.79 Å². The third kappa shape index (κ3) is 10.1. The Labute approximate surface area is 267 Å². The molecule has 1 aliphatic heterocycles. The summed E-state index contributed by atoms with van der Waals surface area (Å²) in [6.45, 7) is 9.01. The second-order valence-electron chi connectivity index (χ2n) is 12.4. The Morgan fingerprint density at radius 3 is 1.91 bits per heavy atom. The summed E-state index contributed by atoms with van der Waals surface area (Å²) < 4.78 is 5.95. The normalized spacial score (nSPS) is 15.1. The monoisotopic (exact) mass is 612 g/mol. The van der Waals surface area contributed by atoms with Gasteiger partial charge < -0.3 is 25.6 Å². The Morgan fingerprint density at radius 1 is 0.822 bits per heavy atom. The highest BCUT2D eigenvalue weighted by Crippen LogP contribution is 2.22. The third-order valence-corrected chi connectivity index (χ3v) is 8.33. The number of aryl methyl sites for hydroxylation is 2. The minimum Gasteiger partial charge on any atom is -0.483 e. The molecule has 0 aliphatic carbocycles. The van der Waals surface area contributed by atoms with Crippen LogP contribution >= 0.6 is 0 Å². The molecule has 240 valence electrons. The zero-order chi connectivity index (χ0) is 32.2. The molecule has 3 aromatic carbocycles. The first kappa shape index (κ1) is 33.6. The molecular formula is C37H48N4O4. The summed E-state index contributed by atoms with van der Waals surface area (Å²) in [5, 5.41) is 9.39. The standard InChI is InChI=1S/C37H48N4O4/c1-26(2)34(41-22-12-21-38-37(41)44)36(43)40-32(24-30-17-9-6-10-18-30)20-19-31(23-29-15-7-5-8-16-29)39-33(42)25-45-35-27(3)13-11-14-28(35)4/h5-11,13-18,26,31-32,34H,12,19-25H2,1-4H3,(H,38,44)(H,39,42)(H,40,43). The van der Waals surface area contributed by atoms with E-state index < -0.39 is 6.04 Å². The van der Waals surface area contributed by atoms with Crippen molar-refractivity contribution in [2.45, 2.75) is 77.9 Å². The van der Waals surface area contributed by atoms with Crippen LogP contribution in [0.15, 0.2) is 78.9 Å². The number of rotatable bonds is 15. The van der Waals surface area contributed by atoms with E-state index in [1.807, 2.05) is 82.3 Å². The van der Waals surface area contributed by atoms with Crippen LogP contribution < -0.4 is 20.7 Å². The molecule has 0 aromatic heterocycles. The van der Waals surface area contributed by atoms with Gasteiger partial charge in [-0.15, -0.1) is 0 Å². The van der Waals surface area contributed by atoms with E-state index in [0.29, 0.717) is 38.8 Å². The minimum atomic E-state index is -0.564. The average molecular weight is 613 g/mol. The van der Waals surface area contributed by atoms with Crippen LogP contribution in [0.5, 0.6) is 5.75 Å². The lowest BCUT2D eigenvalue weighted by atomic mass is 9.94. The Hall–Kier alpha value is -4.33. The zero-order valence-electron chi connectivity index (χ0n) is 27.1. The van der Waals surface area contributed by atoms with Crippen molar-refractivity contribution in [3.05, 3.63) is 101 Å². The fourth-order valence-electron chi connectivity index (χ4n) is 6.09. The van der Waals surface area contributed by atoms with E-state index in [1.54, 1.807) is 4.90 Å². The Balaban J connectivity index is 1.48. The van der Waals surface area contributed by atoms with Gasteiger partial charge in [0.05, 0.1) is 0 Å². The molecule has 45 heavy (non-hydrogen) atoms. The van der Waals surface area contributed by atoms with Crippen molar-refractivity contribution < 1.29 is 19.1 Å². The summed E-state index contributed by atoms with van der Waals surface area (Å²) in [4.78, 5) is 41.3. The summed E-state index contributed by atoms with van der Waals surface area (Å²) in [6, 6.07) is 25.0. The number of urea groups is 1. The van der Waals surface area contributed by atoms with Crippen LogP contribution in [0.3, 0.4) is 0 Å². The maximum atomic E-state index is 13.8. The zero-order valence-corrected chi connectivity index (χ0v) is 27.1. The van der Waals surface area contributed by atoms with Crippen molar-refractivity contribution in [3.8, 4) is 5.75 Å². The molecule has 1 saturated heterocycles. The topological polar surface area (TPSA) is 99.8 Å². The van der Waals surface area contributed by atoms with Crippen molar-refractivity contribution >= 4 is 17.8 Å². The smallest absolute Gasteiger partial charge is 0.318 e. The minimum absolute atomic E-state index is 0.0479.